The standard InChI is InChI=1S/C24H31IN2O3/c1-6-21(23(29)26-24(3,4)5)27(15-18-9-7-17(2)8-10-18)22(28)16-30-20-13-11-19(25)12-14-20/h7-14,21H,6,15-16H2,1-5H3,(H,26,29)/t21-/m1/s1. The van der Waals surface area contributed by atoms with Gasteiger partial charge in [0.05, 0.1) is 0 Å². The van der Waals surface area contributed by atoms with Crippen LogP contribution in [-0.4, -0.2) is 34.9 Å². The third-order valence-electron chi connectivity index (χ3n) is 4.53. The van der Waals surface area contributed by atoms with E-state index in [9.17, 15) is 9.59 Å². The maximum absolute atomic E-state index is 13.1. The Labute approximate surface area is 193 Å². The molecule has 0 unspecified atom stereocenters. The van der Waals surface area contributed by atoms with Crippen LogP contribution < -0.4 is 10.1 Å². The lowest BCUT2D eigenvalue weighted by Gasteiger charge is -2.33. The number of benzene rings is 2. The molecule has 0 saturated heterocycles. The lowest BCUT2D eigenvalue weighted by Crippen LogP contribution is -2.54. The summed E-state index contributed by atoms with van der Waals surface area (Å²) in [5.74, 6) is 0.260. The van der Waals surface area contributed by atoms with E-state index in [1.54, 1.807) is 4.90 Å². The summed E-state index contributed by atoms with van der Waals surface area (Å²) in [5, 5.41) is 3.01. The Balaban J connectivity index is 2.21. The zero-order valence-electron chi connectivity index (χ0n) is 18.4. The van der Waals surface area contributed by atoms with Crippen LogP contribution in [0.5, 0.6) is 5.75 Å². The minimum atomic E-state index is -0.571. The van der Waals surface area contributed by atoms with Crippen molar-refractivity contribution in [2.75, 3.05) is 6.61 Å². The lowest BCUT2D eigenvalue weighted by atomic mass is 10.1. The van der Waals surface area contributed by atoms with E-state index in [-0.39, 0.29) is 24.0 Å². The fourth-order valence-electron chi connectivity index (χ4n) is 3.02. The predicted octanol–water partition coefficient (Wildman–Crippen LogP) is 4.70. The molecule has 0 fully saturated rings. The van der Waals surface area contributed by atoms with E-state index < -0.39 is 6.04 Å². The van der Waals surface area contributed by atoms with E-state index in [4.69, 9.17) is 4.74 Å². The summed E-state index contributed by atoms with van der Waals surface area (Å²) in [6, 6.07) is 15.0. The number of aryl methyl sites for hydroxylation is 1. The first-order valence-electron chi connectivity index (χ1n) is 10.1. The second-order valence-electron chi connectivity index (χ2n) is 8.41. The second-order valence-corrected chi connectivity index (χ2v) is 9.66. The van der Waals surface area contributed by atoms with E-state index in [1.165, 1.54) is 0 Å². The van der Waals surface area contributed by atoms with Gasteiger partial charge in [0, 0.05) is 15.7 Å². The molecule has 2 rings (SSSR count). The molecule has 0 radical (unpaired) electrons. The molecule has 0 saturated carbocycles. The number of nitrogens with one attached hydrogen (secondary N) is 1. The number of amides is 2. The fourth-order valence-corrected chi connectivity index (χ4v) is 3.38. The van der Waals surface area contributed by atoms with E-state index in [2.05, 4.69) is 27.9 Å². The predicted molar refractivity (Wildman–Crippen MR) is 128 cm³/mol. The molecular formula is C24H31IN2O3. The first-order chi connectivity index (χ1) is 14.1. The van der Waals surface area contributed by atoms with Gasteiger partial charge >= 0.3 is 0 Å². The lowest BCUT2D eigenvalue weighted by molar-refractivity contribution is -0.143. The SMILES string of the molecule is CC[C@H](C(=O)NC(C)(C)C)N(Cc1ccc(C)cc1)C(=O)COc1ccc(I)cc1. The van der Waals surface area contributed by atoms with Crippen molar-refractivity contribution in [2.24, 2.45) is 0 Å². The Hall–Kier alpha value is -2.09. The molecule has 0 aliphatic carbocycles. The highest BCUT2D eigenvalue weighted by atomic mass is 127. The molecule has 5 nitrogen and oxygen atoms in total. The summed E-state index contributed by atoms with van der Waals surface area (Å²) >= 11 is 2.22. The Kier molecular flexibility index (Phi) is 8.70. The molecule has 0 spiro atoms. The first kappa shape index (κ1) is 24.2. The summed E-state index contributed by atoms with van der Waals surface area (Å²) in [5.41, 5.74) is 1.75. The maximum atomic E-state index is 13.1. The molecule has 162 valence electrons. The van der Waals surface area contributed by atoms with Gasteiger partial charge in [-0.25, -0.2) is 0 Å². The molecule has 1 N–H and O–H groups in total. The zero-order valence-corrected chi connectivity index (χ0v) is 20.5. The van der Waals surface area contributed by atoms with Gasteiger partial charge in [-0.2, -0.15) is 0 Å². The summed E-state index contributed by atoms with van der Waals surface area (Å²) < 4.78 is 6.80. The summed E-state index contributed by atoms with van der Waals surface area (Å²) in [7, 11) is 0. The number of hydrogen-bond donors (Lipinski definition) is 1. The van der Waals surface area contributed by atoms with Crippen molar-refractivity contribution in [3.63, 3.8) is 0 Å². The zero-order chi connectivity index (χ0) is 22.3. The van der Waals surface area contributed by atoms with Crippen molar-refractivity contribution < 1.29 is 14.3 Å². The summed E-state index contributed by atoms with van der Waals surface area (Å²) in [6.45, 7) is 9.98. The van der Waals surface area contributed by atoms with Crippen LogP contribution in [0.25, 0.3) is 0 Å². The van der Waals surface area contributed by atoms with Gasteiger partial charge < -0.3 is 15.0 Å². The molecule has 0 heterocycles. The van der Waals surface area contributed by atoms with Crippen LogP contribution in [-0.2, 0) is 16.1 Å². The van der Waals surface area contributed by atoms with Gasteiger partial charge in [-0.05, 0) is 86.5 Å². The van der Waals surface area contributed by atoms with Crippen molar-refractivity contribution in [2.45, 2.75) is 59.2 Å². The monoisotopic (exact) mass is 522 g/mol. The van der Waals surface area contributed by atoms with Crippen molar-refractivity contribution in [1.29, 1.82) is 0 Å². The van der Waals surface area contributed by atoms with Crippen LogP contribution in [0.15, 0.2) is 48.5 Å². The number of carbonyl (C=O) groups excluding carboxylic acids is 2. The van der Waals surface area contributed by atoms with Crippen LogP contribution in [0.2, 0.25) is 0 Å². The van der Waals surface area contributed by atoms with Gasteiger partial charge in [-0.3, -0.25) is 9.59 Å². The molecule has 2 aromatic rings. The highest BCUT2D eigenvalue weighted by Gasteiger charge is 2.30. The smallest absolute Gasteiger partial charge is 0.261 e. The average molecular weight is 522 g/mol. The fraction of sp³-hybridized carbons (Fsp3) is 0.417. The number of rotatable bonds is 8. The van der Waals surface area contributed by atoms with Crippen molar-refractivity contribution >= 4 is 34.4 Å². The van der Waals surface area contributed by atoms with Gasteiger partial charge in [-0.1, -0.05) is 36.8 Å². The van der Waals surface area contributed by atoms with Gasteiger partial charge in [-0.15, -0.1) is 0 Å². The van der Waals surface area contributed by atoms with Gasteiger partial charge in [0.25, 0.3) is 5.91 Å². The van der Waals surface area contributed by atoms with Crippen LogP contribution in [0.3, 0.4) is 0 Å². The second kappa shape index (κ2) is 10.8. The van der Waals surface area contributed by atoms with E-state index >= 15 is 0 Å². The topological polar surface area (TPSA) is 58.6 Å². The van der Waals surface area contributed by atoms with Gasteiger partial charge in [0.1, 0.15) is 11.8 Å². The number of halogens is 1. The Bertz CT molecular complexity index is 842. The molecule has 0 aliphatic heterocycles. The Morgan fingerprint density at radius 3 is 2.20 bits per heavy atom. The molecule has 2 aromatic carbocycles. The number of ether oxygens (including phenoxy) is 1. The highest BCUT2D eigenvalue weighted by Crippen LogP contribution is 2.17. The quantitative estimate of drug-likeness (QED) is 0.512. The number of carbonyl (C=O) groups is 2. The van der Waals surface area contributed by atoms with Crippen molar-refractivity contribution in [3.05, 3.63) is 63.2 Å². The first-order valence-corrected chi connectivity index (χ1v) is 11.2. The minimum absolute atomic E-state index is 0.119. The Morgan fingerprint density at radius 2 is 1.67 bits per heavy atom. The molecule has 1 atom stereocenters. The maximum Gasteiger partial charge on any atom is 0.261 e. The van der Waals surface area contributed by atoms with Gasteiger partial charge in [0.2, 0.25) is 5.91 Å². The van der Waals surface area contributed by atoms with Crippen molar-refractivity contribution in [1.82, 2.24) is 10.2 Å². The van der Waals surface area contributed by atoms with Crippen LogP contribution in [0.4, 0.5) is 0 Å². The number of hydrogen-bond acceptors (Lipinski definition) is 3. The molecule has 30 heavy (non-hydrogen) atoms. The molecule has 0 bridgehead atoms. The third kappa shape index (κ3) is 7.63. The molecular weight excluding hydrogens is 491 g/mol. The normalized spacial score (nSPS) is 12.2. The minimum Gasteiger partial charge on any atom is -0.484 e. The highest BCUT2D eigenvalue weighted by molar-refractivity contribution is 14.1. The summed E-state index contributed by atoms with van der Waals surface area (Å²) in [6.07, 6.45) is 0.517. The molecule has 0 aliphatic rings. The van der Waals surface area contributed by atoms with Crippen LogP contribution in [0, 0.1) is 10.5 Å². The third-order valence-corrected chi connectivity index (χ3v) is 5.25. The van der Waals surface area contributed by atoms with Crippen LogP contribution in [0.1, 0.15) is 45.2 Å². The molecule has 6 heteroatoms. The van der Waals surface area contributed by atoms with Gasteiger partial charge in [0.15, 0.2) is 6.61 Å². The van der Waals surface area contributed by atoms with E-state index in [1.807, 2.05) is 83.1 Å². The van der Waals surface area contributed by atoms with E-state index in [0.29, 0.717) is 18.7 Å². The average Bonchev–Trinajstić information content (AvgIpc) is 2.67. The van der Waals surface area contributed by atoms with Crippen molar-refractivity contribution in [3.8, 4) is 5.75 Å². The Morgan fingerprint density at radius 1 is 1.07 bits per heavy atom. The molecule has 2 amide bonds. The largest absolute Gasteiger partial charge is 0.484 e. The number of nitrogens with zero attached hydrogens (tertiary/aromatic N) is 1. The molecule has 0 aromatic heterocycles. The van der Waals surface area contributed by atoms with E-state index in [0.717, 1.165) is 14.7 Å². The van der Waals surface area contributed by atoms with Crippen LogP contribution >= 0.6 is 22.6 Å². The summed E-state index contributed by atoms with van der Waals surface area (Å²) in [4.78, 5) is 27.7.